The molecule has 0 aromatic carbocycles. The second kappa shape index (κ2) is 5.96. The number of carbonyl (C=O) groups excluding carboxylic acids is 1. The number of aryl methyl sites for hydroxylation is 1. The van der Waals surface area contributed by atoms with Gasteiger partial charge in [-0.25, -0.2) is 13.6 Å². The van der Waals surface area contributed by atoms with Gasteiger partial charge in [-0.05, 0) is 19.1 Å². The Labute approximate surface area is 126 Å². The molecule has 2 heterocycles. The zero-order chi connectivity index (χ0) is 15.6. The minimum atomic E-state index is -3.71. The van der Waals surface area contributed by atoms with Gasteiger partial charge in [0.25, 0.3) is 0 Å². The Morgan fingerprint density at radius 3 is 2.71 bits per heavy atom. The lowest BCUT2D eigenvalue weighted by molar-refractivity contribution is -0.129. The molecule has 114 valence electrons. The summed E-state index contributed by atoms with van der Waals surface area (Å²) in [4.78, 5) is 14.2. The van der Waals surface area contributed by atoms with Gasteiger partial charge in [0, 0.05) is 18.0 Å². The van der Waals surface area contributed by atoms with E-state index in [1.807, 2.05) is 0 Å². The SMILES string of the molecule is Cc1cc(CN(C)C(=O)Cc2ccc(S(N)(=O)=O)s2)no1. The molecule has 2 aromatic rings. The number of thiophene rings is 1. The maximum Gasteiger partial charge on any atom is 0.247 e. The van der Waals surface area contributed by atoms with Crippen molar-refractivity contribution < 1.29 is 17.7 Å². The summed E-state index contributed by atoms with van der Waals surface area (Å²) >= 11 is 1.00. The Bertz CT molecular complexity index is 748. The number of nitrogens with zero attached hydrogens (tertiary/aromatic N) is 2. The van der Waals surface area contributed by atoms with Crippen LogP contribution in [0.4, 0.5) is 0 Å². The molecule has 0 unspecified atom stereocenters. The number of primary sulfonamides is 1. The van der Waals surface area contributed by atoms with Gasteiger partial charge in [0.2, 0.25) is 15.9 Å². The zero-order valence-electron chi connectivity index (χ0n) is 11.6. The Hall–Kier alpha value is -1.71. The lowest BCUT2D eigenvalue weighted by Gasteiger charge is -2.14. The molecule has 9 heteroatoms. The highest BCUT2D eigenvalue weighted by Crippen LogP contribution is 2.21. The van der Waals surface area contributed by atoms with Crippen LogP contribution in [0.3, 0.4) is 0 Å². The van der Waals surface area contributed by atoms with Gasteiger partial charge in [0.05, 0.1) is 13.0 Å². The number of carbonyl (C=O) groups is 1. The molecule has 0 atom stereocenters. The van der Waals surface area contributed by atoms with E-state index in [0.717, 1.165) is 11.3 Å². The van der Waals surface area contributed by atoms with Crippen LogP contribution in [0.2, 0.25) is 0 Å². The van der Waals surface area contributed by atoms with Gasteiger partial charge in [-0.3, -0.25) is 4.79 Å². The van der Waals surface area contributed by atoms with E-state index in [1.54, 1.807) is 26.1 Å². The first-order chi connectivity index (χ1) is 9.75. The first-order valence-corrected chi connectivity index (χ1v) is 8.39. The van der Waals surface area contributed by atoms with Gasteiger partial charge in [0.1, 0.15) is 15.7 Å². The molecule has 0 aliphatic carbocycles. The number of sulfonamides is 1. The fraction of sp³-hybridized carbons (Fsp3) is 0.333. The Balaban J connectivity index is 1.99. The molecule has 7 nitrogen and oxygen atoms in total. The third-order valence-electron chi connectivity index (χ3n) is 2.74. The molecule has 1 amide bonds. The van der Waals surface area contributed by atoms with Crippen molar-refractivity contribution in [3.8, 4) is 0 Å². The van der Waals surface area contributed by atoms with Crippen LogP contribution in [-0.2, 0) is 27.8 Å². The van der Waals surface area contributed by atoms with E-state index in [2.05, 4.69) is 5.16 Å². The molecule has 2 aromatic heterocycles. The van der Waals surface area contributed by atoms with Crippen LogP contribution >= 0.6 is 11.3 Å². The summed E-state index contributed by atoms with van der Waals surface area (Å²) in [6.45, 7) is 2.11. The number of hydrogen-bond acceptors (Lipinski definition) is 6. The minimum absolute atomic E-state index is 0.0556. The minimum Gasteiger partial charge on any atom is -0.361 e. The van der Waals surface area contributed by atoms with Crippen molar-refractivity contribution in [2.45, 2.75) is 24.1 Å². The molecule has 2 rings (SSSR count). The molecule has 0 aliphatic rings. The first kappa shape index (κ1) is 15.7. The van der Waals surface area contributed by atoms with E-state index in [9.17, 15) is 13.2 Å². The highest BCUT2D eigenvalue weighted by Gasteiger charge is 2.16. The van der Waals surface area contributed by atoms with E-state index >= 15 is 0 Å². The normalized spacial score (nSPS) is 11.6. The standard InChI is InChI=1S/C12H15N3O4S2/c1-8-5-9(14-19-8)7-15(2)11(16)6-10-3-4-12(20-10)21(13,17)18/h3-5H,6-7H2,1-2H3,(H2,13,17,18). The van der Waals surface area contributed by atoms with E-state index in [0.29, 0.717) is 22.9 Å². The van der Waals surface area contributed by atoms with Crippen molar-refractivity contribution in [1.29, 1.82) is 0 Å². The number of aromatic nitrogens is 1. The first-order valence-electron chi connectivity index (χ1n) is 6.03. The summed E-state index contributed by atoms with van der Waals surface area (Å²) < 4.78 is 27.4. The van der Waals surface area contributed by atoms with Crippen LogP contribution in [0.25, 0.3) is 0 Å². The third kappa shape index (κ3) is 4.13. The summed E-state index contributed by atoms with van der Waals surface area (Å²) in [5, 5.41) is 8.85. The van der Waals surface area contributed by atoms with Crippen molar-refractivity contribution >= 4 is 27.3 Å². The average molecular weight is 329 g/mol. The van der Waals surface area contributed by atoms with Gasteiger partial charge in [-0.1, -0.05) is 5.16 Å². The van der Waals surface area contributed by atoms with Gasteiger partial charge < -0.3 is 9.42 Å². The van der Waals surface area contributed by atoms with E-state index in [-0.39, 0.29) is 16.5 Å². The van der Waals surface area contributed by atoms with Crippen LogP contribution in [0.1, 0.15) is 16.3 Å². The smallest absolute Gasteiger partial charge is 0.247 e. The molecule has 0 saturated heterocycles. The van der Waals surface area contributed by atoms with Crippen molar-refractivity contribution in [2.24, 2.45) is 5.14 Å². The molecule has 0 saturated carbocycles. The summed E-state index contributed by atoms with van der Waals surface area (Å²) in [5.41, 5.74) is 0.666. The van der Waals surface area contributed by atoms with Gasteiger partial charge >= 0.3 is 0 Å². The van der Waals surface area contributed by atoms with E-state index in [4.69, 9.17) is 9.66 Å². The predicted molar refractivity (Wildman–Crippen MR) is 77.1 cm³/mol. The maximum absolute atomic E-state index is 12.1. The quantitative estimate of drug-likeness (QED) is 0.877. The number of nitrogens with two attached hydrogens (primary N) is 1. The fourth-order valence-corrected chi connectivity index (χ4v) is 3.48. The summed E-state index contributed by atoms with van der Waals surface area (Å²) in [5.74, 6) is 0.542. The summed E-state index contributed by atoms with van der Waals surface area (Å²) in [6, 6.07) is 4.76. The van der Waals surface area contributed by atoms with Crippen molar-refractivity contribution in [3.63, 3.8) is 0 Å². The van der Waals surface area contributed by atoms with Crippen LogP contribution in [0.5, 0.6) is 0 Å². The van der Waals surface area contributed by atoms with Crippen LogP contribution < -0.4 is 5.14 Å². The molecule has 0 bridgehead atoms. The molecular weight excluding hydrogens is 314 g/mol. The molecule has 0 radical (unpaired) electrons. The summed E-state index contributed by atoms with van der Waals surface area (Å²) in [6.07, 6.45) is 0.119. The Kier molecular flexibility index (Phi) is 4.45. The molecule has 0 aliphatic heterocycles. The number of likely N-dealkylation sites (N-methyl/N-ethyl adjacent to an activating group) is 1. The van der Waals surface area contributed by atoms with Crippen LogP contribution in [0.15, 0.2) is 26.9 Å². The second-order valence-electron chi connectivity index (χ2n) is 4.62. The molecular formula is C12H15N3O4S2. The Morgan fingerprint density at radius 2 is 2.19 bits per heavy atom. The molecule has 2 N–H and O–H groups in total. The Morgan fingerprint density at radius 1 is 1.48 bits per heavy atom. The predicted octanol–water partition coefficient (Wildman–Crippen LogP) is 0.893. The maximum atomic E-state index is 12.1. The van der Waals surface area contributed by atoms with E-state index in [1.165, 1.54) is 11.0 Å². The monoisotopic (exact) mass is 329 g/mol. The fourth-order valence-electron chi connectivity index (χ4n) is 1.71. The lowest BCUT2D eigenvalue weighted by Crippen LogP contribution is -2.27. The third-order valence-corrected chi connectivity index (χ3v) is 5.27. The van der Waals surface area contributed by atoms with Crippen molar-refractivity contribution in [2.75, 3.05) is 7.05 Å². The number of rotatable bonds is 5. The number of hydrogen-bond donors (Lipinski definition) is 1. The van der Waals surface area contributed by atoms with Crippen LogP contribution in [-0.4, -0.2) is 31.4 Å². The van der Waals surface area contributed by atoms with Crippen molar-refractivity contribution in [1.82, 2.24) is 10.1 Å². The number of amides is 1. The highest BCUT2D eigenvalue weighted by atomic mass is 32.2. The molecule has 0 spiro atoms. The van der Waals surface area contributed by atoms with Gasteiger partial charge in [-0.2, -0.15) is 0 Å². The lowest BCUT2D eigenvalue weighted by atomic mass is 10.3. The summed E-state index contributed by atoms with van der Waals surface area (Å²) in [7, 11) is -2.06. The molecule has 21 heavy (non-hydrogen) atoms. The van der Waals surface area contributed by atoms with E-state index < -0.39 is 10.0 Å². The average Bonchev–Trinajstić information content (AvgIpc) is 2.98. The zero-order valence-corrected chi connectivity index (χ0v) is 13.2. The largest absolute Gasteiger partial charge is 0.361 e. The van der Waals surface area contributed by atoms with Gasteiger partial charge in [-0.15, -0.1) is 11.3 Å². The van der Waals surface area contributed by atoms with Crippen LogP contribution in [0, 0.1) is 6.92 Å². The topological polar surface area (TPSA) is 106 Å². The highest BCUT2D eigenvalue weighted by molar-refractivity contribution is 7.91. The second-order valence-corrected chi connectivity index (χ2v) is 7.58. The van der Waals surface area contributed by atoms with Gasteiger partial charge in [0.15, 0.2) is 0 Å². The molecule has 0 fully saturated rings. The van der Waals surface area contributed by atoms with Crippen molar-refractivity contribution in [3.05, 3.63) is 34.5 Å².